The van der Waals surface area contributed by atoms with Crippen molar-refractivity contribution in [3.63, 3.8) is 0 Å². The highest BCUT2D eigenvalue weighted by atomic mass is 16.4. The van der Waals surface area contributed by atoms with Gasteiger partial charge < -0.3 is 15.5 Å². The summed E-state index contributed by atoms with van der Waals surface area (Å²) in [6.45, 7) is 0. The quantitative estimate of drug-likeness (QED) is 0.601. The van der Waals surface area contributed by atoms with Gasteiger partial charge in [0.15, 0.2) is 6.04 Å². The third-order valence-electron chi connectivity index (χ3n) is 1.69. The Labute approximate surface area is 80.0 Å². The number of nitrogens with one attached hydrogen (secondary N) is 1. The number of rotatable bonds is 4. The molecule has 0 heterocycles. The molecular weight excluding hydrogens is 186 g/mol. The van der Waals surface area contributed by atoms with Crippen LogP contribution < -0.4 is 5.32 Å². The van der Waals surface area contributed by atoms with E-state index in [9.17, 15) is 9.59 Å². The number of phenols is 1. The van der Waals surface area contributed by atoms with Gasteiger partial charge in [0.1, 0.15) is 5.75 Å². The number of carboxylic acids is 1. The number of hydrogen-bond donors (Lipinski definition) is 3. The van der Waals surface area contributed by atoms with E-state index in [-0.39, 0.29) is 5.75 Å². The van der Waals surface area contributed by atoms with Crippen LogP contribution in [0.3, 0.4) is 0 Å². The number of carboxylic acid groups (broad SMARTS) is 1. The van der Waals surface area contributed by atoms with Gasteiger partial charge in [-0.15, -0.1) is 0 Å². The Balaban J connectivity index is 2.98. The van der Waals surface area contributed by atoms with Crippen LogP contribution in [0.5, 0.6) is 5.75 Å². The summed E-state index contributed by atoms with van der Waals surface area (Å²) in [6.07, 6.45) is 0.308. The molecule has 5 nitrogen and oxygen atoms in total. The molecule has 0 radical (unpaired) electrons. The predicted molar refractivity (Wildman–Crippen MR) is 47.7 cm³/mol. The van der Waals surface area contributed by atoms with Crippen LogP contribution in [0.4, 0.5) is 0 Å². The Kier molecular flexibility index (Phi) is 3.06. The van der Waals surface area contributed by atoms with Gasteiger partial charge in [0, 0.05) is 0 Å². The lowest BCUT2D eigenvalue weighted by molar-refractivity contribution is -0.140. The number of amides is 1. The maximum absolute atomic E-state index is 10.7. The first-order chi connectivity index (χ1) is 6.65. The Morgan fingerprint density at radius 2 is 2.21 bits per heavy atom. The van der Waals surface area contributed by atoms with Gasteiger partial charge in [0.2, 0.25) is 6.41 Å². The standard InChI is InChI=1S/C9H9NO4/c11-5-10-8(9(13)14)6-2-1-3-7(12)4-6/h1-5,8,12H,(H,10,11)(H,13,14). The number of aliphatic carboxylic acids is 1. The van der Waals surface area contributed by atoms with Crippen molar-refractivity contribution in [3.05, 3.63) is 29.8 Å². The minimum atomic E-state index is -1.18. The summed E-state index contributed by atoms with van der Waals surface area (Å²) in [7, 11) is 0. The number of aromatic hydroxyl groups is 1. The second-order valence-corrected chi connectivity index (χ2v) is 2.65. The molecule has 0 aromatic heterocycles. The minimum Gasteiger partial charge on any atom is -0.508 e. The van der Waals surface area contributed by atoms with Crippen molar-refractivity contribution in [1.29, 1.82) is 0 Å². The van der Waals surface area contributed by atoms with Crippen molar-refractivity contribution in [2.24, 2.45) is 0 Å². The summed E-state index contributed by atoms with van der Waals surface area (Å²) in [5.41, 5.74) is 0.324. The third-order valence-corrected chi connectivity index (χ3v) is 1.69. The fourth-order valence-electron chi connectivity index (χ4n) is 1.08. The molecule has 0 aliphatic carbocycles. The molecule has 14 heavy (non-hydrogen) atoms. The zero-order valence-corrected chi connectivity index (χ0v) is 7.18. The fraction of sp³-hybridized carbons (Fsp3) is 0.111. The van der Waals surface area contributed by atoms with E-state index in [1.54, 1.807) is 0 Å². The van der Waals surface area contributed by atoms with Crippen LogP contribution in [-0.4, -0.2) is 22.6 Å². The third kappa shape index (κ3) is 2.22. The van der Waals surface area contributed by atoms with Crippen molar-refractivity contribution in [2.75, 3.05) is 0 Å². The highest BCUT2D eigenvalue weighted by Gasteiger charge is 2.18. The summed E-state index contributed by atoms with van der Waals surface area (Å²) in [6, 6.07) is 4.60. The molecule has 1 unspecified atom stereocenters. The lowest BCUT2D eigenvalue weighted by Gasteiger charge is -2.11. The van der Waals surface area contributed by atoms with Gasteiger partial charge in [-0.05, 0) is 17.7 Å². The second kappa shape index (κ2) is 4.27. The smallest absolute Gasteiger partial charge is 0.330 e. The Bertz CT molecular complexity index is 350. The summed E-state index contributed by atoms with van der Waals surface area (Å²) in [5.74, 6) is -1.22. The maximum Gasteiger partial charge on any atom is 0.330 e. The van der Waals surface area contributed by atoms with Crippen LogP contribution in [0.1, 0.15) is 11.6 Å². The number of carbonyl (C=O) groups is 2. The van der Waals surface area contributed by atoms with E-state index in [4.69, 9.17) is 10.2 Å². The average molecular weight is 195 g/mol. The molecule has 0 aliphatic heterocycles. The highest BCUT2D eigenvalue weighted by Crippen LogP contribution is 2.17. The summed E-state index contributed by atoms with van der Waals surface area (Å²) in [5, 5.41) is 20.0. The first kappa shape index (κ1) is 10.0. The first-order valence-corrected chi connectivity index (χ1v) is 3.86. The van der Waals surface area contributed by atoms with Crippen molar-refractivity contribution >= 4 is 12.4 Å². The summed E-state index contributed by atoms with van der Waals surface area (Å²) >= 11 is 0. The molecule has 0 fully saturated rings. The van der Waals surface area contributed by atoms with Gasteiger partial charge in [0.25, 0.3) is 0 Å². The lowest BCUT2D eigenvalue weighted by Crippen LogP contribution is -2.27. The van der Waals surface area contributed by atoms with Crippen molar-refractivity contribution in [2.45, 2.75) is 6.04 Å². The van der Waals surface area contributed by atoms with Gasteiger partial charge in [-0.25, -0.2) is 4.79 Å². The largest absolute Gasteiger partial charge is 0.508 e. The van der Waals surface area contributed by atoms with Gasteiger partial charge in [-0.2, -0.15) is 0 Å². The monoisotopic (exact) mass is 195 g/mol. The molecule has 0 saturated carbocycles. The first-order valence-electron chi connectivity index (χ1n) is 3.86. The summed E-state index contributed by atoms with van der Waals surface area (Å²) in [4.78, 5) is 20.8. The Hall–Kier alpha value is -2.04. The minimum absolute atomic E-state index is 0.0403. The Morgan fingerprint density at radius 1 is 1.50 bits per heavy atom. The van der Waals surface area contributed by atoms with Crippen LogP contribution in [0.15, 0.2) is 24.3 Å². The molecule has 0 spiro atoms. The molecule has 1 aromatic rings. The molecule has 1 aromatic carbocycles. The van der Waals surface area contributed by atoms with Gasteiger partial charge in [-0.1, -0.05) is 12.1 Å². The zero-order chi connectivity index (χ0) is 10.6. The van der Waals surface area contributed by atoms with E-state index in [2.05, 4.69) is 5.32 Å². The van der Waals surface area contributed by atoms with E-state index in [0.29, 0.717) is 12.0 Å². The fourth-order valence-corrected chi connectivity index (χ4v) is 1.08. The highest BCUT2D eigenvalue weighted by molar-refractivity contribution is 5.78. The molecular formula is C9H9NO4. The van der Waals surface area contributed by atoms with Crippen LogP contribution in [0.25, 0.3) is 0 Å². The normalized spacial score (nSPS) is 11.7. The van der Waals surface area contributed by atoms with Gasteiger partial charge >= 0.3 is 5.97 Å². The molecule has 0 bridgehead atoms. The average Bonchev–Trinajstić information content (AvgIpc) is 2.13. The number of carbonyl (C=O) groups excluding carboxylic acids is 1. The van der Waals surface area contributed by atoms with Crippen LogP contribution in [0, 0.1) is 0 Å². The number of phenolic OH excluding ortho intramolecular Hbond substituents is 1. The summed E-state index contributed by atoms with van der Waals surface area (Å²) < 4.78 is 0. The molecule has 0 aliphatic rings. The van der Waals surface area contributed by atoms with Crippen LogP contribution >= 0.6 is 0 Å². The van der Waals surface area contributed by atoms with Gasteiger partial charge in [-0.3, -0.25) is 4.79 Å². The Morgan fingerprint density at radius 3 is 2.71 bits per heavy atom. The van der Waals surface area contributed by atoms with Crippen LogP contribution in [0.2, 0.25) is 0 Å². The van der Waals surface area contributed by atoms with Crippen molar-refractivity contribution in [1.82, 2.24) is 5.32 Å². The molecule has 1 rings (SSSR count). The SMILES string of the molecule is O=CNC(C(=O)O)c1cccc(O)c1. The maximum atomic E-state index is 10.7. The number of benzene rings is 1. The topological polar surface area (TPSA) is 86.6 Å². The number of hydrogen-bond acceptors (Lipinski definition) is 3. The van der Waals surface area contributed by atoms with Crippen molar-refractivity contribution in [3.8, 4) is 5.75 Å². The molecule has 74 valence electrons. The van der Waals surface area contributed by atoms with Crippen molar-refractivity contribution < 1.29 is 19.8 Å². The second-order valence-electron chi connectivity index (χ2n) is 2.65. The van der Waals surface area contributed by atoms with E-state index in [0.717, 1.165) is 0 Å². The molecule has 0 saturated heterocycles. The van der Waals surface area contributed by atoms with E-state index in [1.807, 2.05) is 0 Å². The predicted octanol–water partition coefficient (Wildman–Crippen LogP) is 0.264. The van der Waals surface area contributed by atoms with Crippen LogP contribution in [-0.2, 0) is 9.59 Å². The molecule has 1 atom stereocenters. The van der Waals surface area contributed by atoms with E-state index in [1.165, 1.54) is 24.3 Å². The molecule has 3 N–H and O–H groups in total. The lowest BCUT2D eigenvalue weighted by atomic mass is 10.1. The zero-order valence-electron chi connectivity index (χ0n) is 7.18. The molecule has 1 amide bonds. The van der Waals surface area contributed by atoms with E-state index < -0.39 is 12.0 Å². The van der Waals surface area contributed by atoms with Gasteiger partial charge in [0.05, 0.1) is 0 Å². The van der Waals surface area contributed by atoms with E-state index >= 15 is 0 Å². The molecule has 5 heteroatoms.